The highest BCUT2D eigenvalue weighted by molar-refractivity contribution is 6.30. The number of hydrogen-bond donors (Lipinski definition) is 1. The lowest BCUT2D eigenvalue weighted by Crippen LogP contribution is -2.34. The first-order chi connectivity index (χ1) is 9.13. The Bertz CT molecular complexity index is 379. The number of hydrogen-bond acceptors (Lipinski definition) is 2. The average molecular weight is 283 g/mol. The van der Waals surface area contributed by atoms with Crippen LogP contribution in [0.15, 0.2) is 18.2 Å². The van der Waals surface area contributed by atoms with E-state index in [1.807, 2.05) is 13.1 Å². The number of nitrogens with one attached hydrogen (secondary N) is 1. The summed E-state index contributed by atoms with van der Waals surface area (Å²) in [7, 11) is 1.98. The van der Waals surface area contributed by atoms with Crippen LogP contribution in [0.25, 0.3) is 0 Å². The zero-order valence-corrected chi connectivity index (χ0v) is 13.4. The topological polar surface area (TPSA) is 15.3 Å². The maximum Gasteiger partial charge on any atom is 0.0429 e. The van der Waals surface area contributed by atoms with Crippen LogP contribution in [0.2, 0.25) is 5.02 Å². The van der Waals surface area contributed by atoms with Crippen molar-refractivity contribution in [3.05, 3.63) is 28.8 Å². The second-order valence-corrected chi connectivity index (χ2v) is 5.54. The second-order valence-electron chi connectivity index (χ2n) is 5.11. The van der Waals surface area contributed by atoms with Gasteiger partial charge in [0.25, 0.3) is 0 Å². The first-order valence-electron chi connectivity index (χ1n) is 7.33. The van der Waals surface area contributed by atoms with E-state index < -0.39 is 0 Å². The van der Waals surface area contributed by atoms with Gasteiger partial charge in [0.2, 0.25) is 0 Å². The molecule has 1 aromatic carbocycles. The van der Waals surface area contributed by atoms with Crippen molar-refractivity contribution in [3.8, 4) is 0 Å². The first kappa shape index (κ1) is 16.3. The Hall–Kier alpha value is -0.730. The van der Waals surface area contributed by atoms with Crippen LogP contribution >= 0.6 is 11.6 Å². The molecule has 0 spiro atoms. The molecule has 1 rings (SSSR count). The molecule has 0 aliphatic heterocycles. The van der Waals surface area contributed by atoms with Gasteiger partial charge in [0.1, 0.15) is 0 Å². The van der Waals surface area contributed by atoms with Crippen molar-refractivity contribution in [2.45, 2.75) is 52.6 Å². The van der Waals surface area contributed by atoms with Gasteiger partial charge in [-0.1, -0.05) is 37.9 Å². The summed E-state index contributed by atoms with van der Waals surface area (Å²) in [6, 6.07) is 6.76. The first-order valence-corrected chi connectivity index (χ1v) is 7.71. The molecule has 19 heavy (non-hydrogen) atoms. The van der Waals surface area contributed by atoms with Gasteiger partial charge in [-0.2, -0.15) is 0 Å². The van der Waals surface area contributed by atoms with E-state index in [0.717, 1.165) is 24.5 Å². The normalized spacial score (nSPS) is 12.5. The molecule has 0 fully saturated rings. The Morgan fingerprint density at radius 2 is 2.05 bits per heavy atom. The summed E-state index contributed by atoms with van der Waals surface area (Å²) < 4.78 is 0. The molecular weight excluding hydrogens is 256 g/mol. The lowest BCUT2D eigenvalue weighted by molar-refractivity contribution is 0.592. The van der Waals surface area contributed by atoms with Crippen molar-refractivity contribution in [2.75, 3.05) is 18.5 Å². The molecule has 0 aliphatic carbocycles. The Labute approximate surface area is 123 Å². The van der Waals surface area contributed by atoms with Gasteiger partial charge in [-0.3, -0.25) is 0 Å². The van der Waals surface area contributed by atoms with E-state index in [4.69, 9.17) is 11.6 Å². The molecule has 3 heteroatoms. The van der Waals surface area contributed by atoms with Crippen LogP contribution in [-0.4, -0.2) is 19.6 Å². The predicted molar refractivity (Wildman–Crippen MR) is 86.2 cm³/mol. The number of nitrogens with zero attached hydrogens (tertiary/aromatic N) is 1. The molecule has 1 aromatic rings. The van der Waals surface area contributed by atoms with Crippen LogP contribution in [0.4, 0.5) is 5.69 Å². The summed E-state index contributed by atoms with van der Waals surface area (Å²) in [5, 5.41) is 4.06. The van der Waals surface area contributed by atoms with Crippen LogP contribution in [0.1, 0.15) is 45.6 Å². The Morgan fingerprint density at radius 1 is 1.32 bits per heavy atom. The fraction of sp³-hybridized carbons (Fsp3) is 0.625. The van der Waals surface area contributed by atoms with Gasteiger partial charge in [0.05, 0.1) is 0 Å². The van der Waals surface area contributed by atoms with E-state index >= 15 is 0 Å². The SMILES string of the molecule is CCCCN(c1cc(Cl)ccc1CNC)C(C)CC. The van der Waals surface area contributed by atoms with Crippen LogP contribution in [0.3, 0.4) is 0 Å². The van der Waals surface area contributed by atoms with E-state index in [9.17, 15) is 0 Å². The summed E-state index contributed by atoms with van der Waals surface area (Å²) in [4.78, 5) is 2.50. The van der Waals surface area contributed by atoms with Gasteiger partial charge in [-0.15, -0.1) is 0 Å². The van der Waals surface area contributed by atoms with Gasteiger partial charge in [-0.05, 0) is 44.5 Å². The molecule has 0 bridgehead atoms. The minimum Gasteiger partial charge on any atom is -0.369 e. The second kappa shape index (κ2) is 8.44. The van der Waals surface area contributed by atoms with Crippen LogP contribution in [0.5, 0.6) is 0 Å². The number of rotatable bonds is 8. The monoisotopic (exact) mass is 282 g/mol. The quantitative estimate of drug-likeness (QED) is 0.757. The maximum absolute atomic E-state index is 6.20. The average Bonchev–Trinajstić information content (AvgIpc) is 2.41. The molecule has 0 amide bonds. The van der Waals surface area contributed by atoms with E-state index in [2.05, 4.69) is 43.1 Å². The molecule has 0 saturated carbocycles. The van der Waals surface area contributed by atoms with Gasteiger partial charge in [0.15, 0.2) is 0 Å². The third-order valence-corrected chi connectivity index (χ3v) is 3.83. The minimum atomic E-state index is 0.542. The van der Waals surface area contributed by atoms with E-state index in [1.165, 1.54) is 24.1 Å². The predicted octanol–water partition coefficient (Wildman–Crippen LogP) is 4.46. The highest BCUT2D eigenvalue weighted by Gasteiger charge is 2.16. The van der Waals surface area contributed by atoms with Crippen molar-refractivity contribution in [1.29, 1.82) is 0 Å². The summed E-state index contributed by atoms with van der Waals surface area (Å²) in [5.41, 5.74) is 2.60. The number of benzene rings is 1. The third-order valence-electron chi connectivity index (χ3n) is 3.60. The van der Waals surface area contributed by atoms with E-state index in [0.29, 0.717) is 6.04 Å². The third kappa shape index (κ3) is 4.70. The molecular formula is C16H27ClN2. The number of unbranched alkanes of at least 4 members (excludes halogenated alkanes) is 1. The summed E-state index contributed by atoms with van der Waals surface area (Å²) in [5.74, 6) is 0. The fourth-order valence-corrected chi connectivity index (χ4v) is 2.44. The standard InChI is InChI=1S/C16H27ClN2/c1-5-7-10-19(13(3)6-2)16-11-15(17)9-8-14(16)12-18-4/h8-9,11,13,18H,5-7,10,12H2,1-4H3. The Morgan fingerprint density at radius 3 is 2.63 bits per heavy atom. The van der Waals surface area contributed by atoms with Crippen molar-refractivity contribution in [2.24, 2.45) is 0 Å². The molecule has 0 radical (unpaired) electrons. The molecule has 0 aromatic heterocycles. The molecule has 1 unspecified atom stereocenters. The molecule has 1 N–H and O–H groups in total. The summed E-state index contributed by atoms with van der Waals surface area (Å²) in [6.45, 7) is 8.75. The Balaban J connectivity index is 3.07. The number of halogens is 1. The largest absolute Gasteiger partial charge is 0.369 e. The van der Waals surface area contributed by atoms with E-state index in [1.54, 1.807) is 0 Å². The van der Waals surface area contributed by atoms with Crippen molar-refractivity contribution in [1.82, 2.24) is 5.32 Å². The zero-order valence-electron chi connectivity index (χ0n) is 12.7. The molecule has 0 heterocycles. The van der Waals surface area contributed by atoms with Crippen molar-refractivity contribution < 1.29 is 0 Å². The Kier molecular flexibility index (Phi) is 7.25. The zero-order chi connectivity index (χ0) is 14.3. The smallest absolute Gasteiger partial charge is 0.0429 e. The maximum atomic E-state index is 6.20. The van der Waals surface area contributed by atoms with Crippen molar-refractivity contribution in [3.63, 3.8) is 0 Å². The lowest BCUT2D eigenvalue weighted by atomic mass is 10.1. The highest BCUT2D eigenvalue weighted by atomic mass is 35.5. The summed E-state index contributed by atoms with van der Waals surface area (Å²) >= 11 is 6.20. The number of anilines is 1. The van der Waals surface area contributed by atoms with Crippen LogP contribution in [0, 0.1) is 0 Å². The van der Waals surface area contributed by atoms with Crippen LogP contribution < -0.4 is 10.2 Å². The molecule has 0 saturated heterocycles. The molecule has 0 aliphatic rings. The van der Waals surface area contributed by atoms with E-state index in [-0.39, 0.29) is 0 Å². The van der Waals surface area contributed by atoms with Gasteiger partial charge < -0.3 is 10.2 Å². The van der Waals surface area contributed by atoms with Gasteiger partial charge >= 0.3 is 0 Å². The minimum absolute atomic E-state index is 0.542. The lowest BCUT2D eigenvalue weighted by Gasteiger charge is -2.33. The van der Waals surface area contributed by atoms with Gasteiger partial charge in [0, 0.05) is 29.8 Å². The van der Waals surface area contributed by atoms with Gasteiger partial charge in [-0.25, -0.2) is 0 Å². The van der Waals surface area contributed by atoms with Crippen LogP contribution in [-0.2, 0) is 6.54 Å². The molecule has 1 atom stereocenters. The molecule has 108 valence electrons. The fourth-order valence-electron chi connectivity index (χ4n) is 2.27. The van der Waals surface area contributed by atoms with Crippen molar-refractivity contribution >= 4 is 17.3 Å². The highest BCUT2D eigenvalue weighted by Crippen LogP contribution is 2.27. The summed E-state index contributed by atoms with van der Waals surface area (Å²) in [6.07, 6.45) is 3.58. The molecule has 2 nitrogen and oxygen atoms in total.